The second-order valence-electron chi connectivity index (χ2n) is 10.7. The third kappa shape index (κ3) is 10.0. The number of nitrogens with two attached hydrogens (primary N) is 1. The van der Waals surface area contributed by atoms with Gasteiger partial charge in [0.25, 0.3) is 0 Å². The minimum absolute atomic E-state index is 0.103. The van der Waals surface area contributed by atoms with Gasteiger partial charge in [-0.15, -0.1) is 0 Å². The molecule has 0 fully saturated rings. The van der Waals surface area contributed by atoms with E-state index in [1.54, 1.807) is 52.8 Å². The van der Waals surface area contributed by atoms with Crippen LogP contribution in [-0.2, 0) is 28.7 Å². The molecule has 11 heteroatoms. The maximum absolute atomic E-state index is 14.2. The Hall–Kier alpha value is -3.63. The van der Waals surface area contributed by atoms with Crippen molar-refractivity contribution in [3.8, 4) is 0 Å². The van der Waals surface area contributed by atoms with Crippen molar-refractivity contribution in [2.45, 2.75) is 91.0 Å². The zero-order valence-corrected chi connectivity index (χ0v) is 23.7. The number of aryl methyl sites for hydroxylation is 1. The molecular formula is C27H42N4O7. The largest absolute Gasteiger partial charge is 0.468 e. The first-order valence-electron chi connectivity index (χ1n) is 12.5. The number of alkyl carbamates (subject to hydrolysis) is 1. The Bertz CT molecular complexity index is 1020. The Kier molecular flexibility index (Phi) is 11.8. The number of rotatable bonds is 12. The molecule has 11 nitrogen and oxygen atoms in total. The van der Waals surface area contributed by atoms with Crippen molar-refractivity contribution < 1.29 is 33.4 Å². The second-order valence-corrected chi connectivity index (χ2v) is 10.7. The number of nitrogens with zero attached hydrogens (tertiary/aromatic N) is 1. The second kappa shape index (κ2) is 13.8. The van der Waals surface area contributed by atoms with Crippen LogP contribution in [-0.4, -0.2) is 65.5 Å². The molecule has 0 spiro atoms. The number of ether oxygens (including phenoxy) is 2. The molecule has 212 valence electrons. The summed E-state index contributed by atoms with van der Waals surface area (Å²) in [6.07, 6.45) is -0.693. The van der Waals surface area contributed by atoms with E-state index in [1.807, 2.05) is 19.9 Å². The molecule has 0 aliphatic carbocycles. The number of primary amides is 1. The van der Waals surface area contributed by atoms with E-state index in [1.165, 1.54) is 12.0 Å². The summed E-state index contributed by atoms with van der Waals surface area (Å²) in [6, 6.07) is 4.71. The van der Waals surface area contributed by atoms with Gasteiger partial charge in [-0.25, -0.2) is 4.79 Å². The number of carbonyl (C=O) groups excluding carboxylic acids is 5. The molecule has 0 bridgehead atoms. The Labute approximate surface area is 224 Å². The number of carbonyl (C=O) groups is 5. The molecule has 0 saturated heterocycles. The fraction of sp³-hybridized carbons (Fsp3) is 0.593. The third-order valence-corrected chi connectivity index (χ3v) is 5.92. The van der Waals surface area contributed by atoms with Gasteiger partial charge in [0, 0.05) is 12.0 Å². The third-order valence-electron chi connectivity index (χ3n) is 5.92. The average Bonchev–Trinajstić information content (AvgIpc) is 2.81. The van der Waals surface area contributed by atoms with Crippen molar-refractivity contribution in [3.05, 3.63) is 35.4 Å². The van der Waals surface area contributed by atoms with Crippen molar-refractivity contribution in [2.24, 2.45) is 5.73 Å². The number of hydrogen-bond donors (Lipinski definition) is 3. The van der Waals surface area contributed by atoms with Gasteiger partial charge in [0.15, 0.2) is 0 Å². The summed E-state index contributed by atoms with van der Waals surface area (Å²) in [7, 11) is 1.20. The molecule has 4 N–H and O–H groups in total. The lowest BCUT2D eigenvalue weighted by atomic mass is 9.91. The van der Waals surface area contributed by atoms with E-state index in [0.29, 0.717) is 12.0 Å². The van der Waals surface area contributed by atoms with Crippen LogP contribution in [0, 0.1) is 6.92 Å². The van der Waals surface area contributed by atoms with Crippen LogP contribution >= 0.6 is 0 Å². The monoisotopic (exact) mass is 534 g/mol. The van der Waals surface area contributed by atoms with E-state index in [0.717, 1.165) is 5.56 Å². The van der Waals surface area contributed by atoms with Gasteiger partial charge in [0.1, 0.15) is 24.2 Å². The molecule has 2 atom stereocenters. The highest BCUT2D eigenvalue weighted by Gasteiger charge is 2.43. The first-order valence-corrected chi connectivity index (χ1v) is 12.5. The van der Waals surface area contributed by atoms with E-state index in [9.17, 15) is 24.0 Å². The predicted octanol–water partition coefficient (Wildman–Crippen LogP) is 2.50. The molecule has 0 aliphatic rings. The minimum atomic E-state index is -1.22. The molecule has 0 heterocycles. The van der Waals surface area contributed by atoms with Crippen LogP contribution in [0.1, 0.15) is 78.0 Å². The van der Waals surface area contributed by atoms with Gasteiger partial charge < -0.3 is 30.7 Å². The van der Waals surface area contributed by atoms with Gasteiger partial charge >= 0.3 is 12.1 Å². The summed E-state index contributed by atoms with van der Waals surface area (Å²) in [5, 5.41) is 5.11. The molecule has 1 aromatic rings. The summed E-state index contributed by atoms with van der Waals surface area (Å²) in [4.78, 5) is 65.1. The van der Waals surface area contributed by atoms with E-state index in [-0.39, 0.29) is 12.8 Å². The maximum Gasteiger partial charge on any atom is 0.408 e. The summed E-state index contributed by atoms with van der Waals surface area (Å²) in [5.74, 6) is -2.52. The van der Waals surface area contributed by atoms with Crippen molar-refractivity contribution in [1.29, 1.82) is 0 Å². The first kappa shape index (κ1) is 32.4. The Balaban J connectivity index is 3.64. The van der Waals surface area contributed by atoms with Crippen LogP contribution < -0.4 is 16.4 Å². The van der Waals surface area contributed by atoms with Crippen molar-refractivity contribution in [2.75, 3.05) is 13.7 Å². The van der Waals surface area contributed by atoms with Crippen LogP contribution in [0.4, 0.5) is 4.79 Å². The lowest BCUT2D eigenvalue weighted by Crippen LogP contribution is -2.59. The predicted molar refractivity (Wildman–Crippen MR) is 142 cm³/mol. The van der Waals surface area contributed by atoms with Gasteiger partial charge in [0.2, 0.25) is 17.7 Å². The molecule has 38 heavy (non-hydrogen) atoms. The molecule has 0 aromatic heterocycles. The molecule has 0 radical (unpaired) electrons. The first-order chi connectivity index (χ1) is 17.5. The lowest BCUT2D eigenvalue weighted by molar-refractivity contribution is -0.150. The Morgan fingerprint density at radius 1 is 1.08 bits per heavy atom. The van der Waals surface area contributed by atoms with Gasteiger partial charge in [-0.1, -0.05) is 36.8 Å². The fourth-order valence-electron chi connectivity index (χ4n) is 3.69. The van der Waals surface area contributed by atoms with Crippen LogP contribution in [0.2, 0.25) is 0 Å². The highest BCUT2D eigenvalue weighted by atomic mass is 16.6. The number of nitrogens with one attached hydrogen (secondary N) is 2. The molecule has 0 saturated carbocycles. The van der Waals surface area contributed by atoms with Gasteiger partial charge in [-0.05, 0) is 59.9 Å². The summed E-state index contributed by atoms with van der Waals surface area (Å²) >= 11 is 0. The van der Waals surface area contributed by atoms with E-state index in [4.69, 9.17) is 10.5 Å². The summed E-state index contributed by atoms with van der Waals surface area (Å²) in [6.45, 7) is 11.9. The van der Waals surface area contributed by atoms with Crippen molar-refractivity contribution in [3.63, 3.8) is 0 Å². The van der Waals surface area contributed by atoms with Crippen LogP contribution in [0.25, 0.3) is 0 Å². The summed E-state index contributed by atoms with van der Waals surface area (Å²) in [5.41, 5.74) is 4.98. The van der Waals surface area contributed by atoms with E-state index >= 15 is 0 Å². The van der Waals surface area contributed by atoms with Crippen molar-refractivity contribution in [1.82, 2.24) is 15.5 Å². The van der Waals surface area contributed by atoms with Crippen LogP contribution in [0.3, 0.4) is 0 Å². The van der Waals surface area contributed by atoms with E-state index < -0.39 is 59.6 Å². The molecule has 0 aliphatic heterocycles. The normalized spacial score (nSPS) is 13.1. The minimum Gasteiger partial charge on any atom is -0.468 e. The molecule has 2 unspecified atom stereocenters. The maximum atomic E-state index is 14.2. The van der Waals surface area contributed by atoms with Crippen molar-refractivity contribution >= 4 is 29.8 Å². The Morgan fingerprint density at radius 2 is 1.71 bits per heavy atom. The standard InChI is InChI=1S/C27H42N4O7/c1-9-27(6,7)31(24(35)19(13-14-20(28)32)30-25(36)38-26(3,4)5)22(18-12-10-11-17(2)15-18)23(34)29-16-21(33)37-8/h10-12,15,19,22H,9,13-14,16H2,1-8H3,(H2,28,32)(H,29,34)(H,30,36). The zero-order chi connectivity index (χ0) is 29.3. The smallest absolute Gasteiger partial charge is 0.408 e. The number of amides is 4. The van der Waals surface area contributed by atoms with Gasteiger partial charge in [-0.2, -0.15) is 0 Å². The molecule has 1 aromatic carbocycles. The fourth-order valence-corrected chi connectivity index (χ4v) is 3.69. The number of benzene rings is 1. The molecule has 1 rings (SSSR count). The van der Waals surface area contributed by atoms with Crippen LogP contribution in [0.5, 0.6) is 0 Å². The number of methoxy groups -OCH3 is 1. The van der Waals surface area contributed by atoms with E-state index in [2.05, 4.69) is 15.4 Å². The Morgan fingerprint density at radius 3 is 2.21 bits per heavy atom. The number of hydrogen-bond acceptors (Lipinski definition) is 7. The molecular weight excluding hydrogens is 492 g/mol. The quantitative estimate of drug-likeness (QED) is 0.348. The lowest BCUT2D eigenvalue weighted by Gasteiger charge is -2.44. The summed E-state index contributed by atoms with van der Waals surface area (Å²) < 4.78 is 9.97. The average molecular weight is 535 g/mol. The van der Waals surface area contributed by atoms with Crippen LogP contribution in [0.15, 0.2) is 24.3 Å². The molecule has 4 amide bonds. The highest BCUT2D eigenvalue weighted by molar-refractivity contribution is 5.94. The van der Waals surface area contributed by atoms with Gasteiger partial charge in [0.05, 0.1) is 7.11 Å². The SMILES string of the molecule is CCC(C)(C)N(C(=O)C(CCC(N)=O)NC(=O)OC(C)(C)C)C(C(=O)NCC(=O)OC)c1cccc(C)c1. The topological polar surface area (TPSA) is 157 Å². The number of esters is 1. The zero-order valence-electron chi connectivity index (χ0n) is 23.7. The highest BCUT2D eigenvalue weighted by Crippen LogP contribution is 2.33. The van der Waals surface area contributed by atoms with Gasteiger partial charge in [-0.3, -0.25) is 19.2 Å².